The van der Waals surface area contributed by atoms with E-state index in [1.807, 2.05) is 35.2 Å². The van der Waals surface area contributed by atoms with Crippen LogP contribution in [0, 0.1) is 0 Å². The number of hydrogen-bond donors (Lipinski definition) is 0. The highest BCUT2D eigenvalue weighted by atomic mass is 16.5. The molecule has 2 saturated heterocycles. The third-order valence-electron chi connectivity index (χ3n) is 4.38. The van der Waals surface area contributed by atoms with Crippen LogP contribution in [0.4, 0.5) is 0 Å². The van der Waals surface area contributed by atoms with Crippen LogP contribution in [0.3, 0.4) is 0 Å². The summed E-state index contributed by atoms with van der Waals surface area (Å²) >= 11 is 0. The van der Waals surface area contributed by atoms with E-state index in [0.717, 1.165) is 29.8 Å². The molecule has 2 fully saturated rings. The van der Waals surface area contributed by atoms with E-state index in [9.17, 15) is 14.4 Å². The number of piperazine rings is 1. The number of esters is 1. The van der Waals surface area contributed by atoms with Gasteiger partial charge in [0.15, 0.2) is 0 Å². The van der Waals surface area contributed by atoms with Crippen LogP contribution >= 0.6 is 0 Å². The third-order valence-corrected chi connectivity index (χ3v) is 4.38. The second kappa shape index (κ2) is 6.50. The van der Waals surface area contributed by atoms with E-state index in [4.69, 9.17) is 4.74 Å². The molecule has 0 bridgehead atoms. The fourth-order valence-electron chi connectivity index (χ4n) is 3.40. The van der Waals surface area contributed by atoms with Crippen LogP contribution in [0.25, 0.3) is 0 Å². The smallest absolute Gasteiger partial charge is 0.326 e. The molecule has 0 radical (unpaired) electrons. The lowest BCUT2D eigenvalue weighted by atomic mass is 9.98. The molecular formula is C17H20N2O4. The highest BCUT2D eigenvalue weighted by Crippen LogP contribution is 2.35. The minimum absolute atomic E-state index is 0.229. The van der Waals surface area contributed by atoms with Gasteiger partial charge in [-0.25, -0.2) is 0 Å². The van der Waals surface area contributed by atoms with Gasteiger partial charge in [0.05, 0.1) is 12.6 Å². The number of nitrogens with zero attached hydrogens (tertiary/aromatic N) is 2. The highest BCUT2D eigenvalue weighted by molar-refractivity contribution is 6.05. The first-order chi connectivity index (χ1) is 11.1. The van der Waals surface area contributed by atoms with Gasteiger partial charge in [-0.2, -0.15) is 0 Å². The van der Waals surface area contributed by atoms with E-state index in [1.165, 1.54) is 0 Å². The van der Waals surface area contributed by atoms with Crippen LogP contribution in [0.1, 0.15) is 31.4 Å². The Balaban J connectivity index is 1.91. The maximum atomic E-state index is 12.9. The van der Waals surface area contributed by atoms with Crippen molar-refractivity contribution in [2.75, 3.05) is 19.7 Å². The van der Waals surface area contributed by atoms with Crippen molar-refractivity contribution in [3.63, 3.8) is 0 Å². The van der Waals surface area contributed by atoms with E-state index in [0.29, 0.717) is 0 Å². The first kappa shape index (κ1) is 15.7. The molecule has 1 aromatic rings. The Morgan fingerprint density at radius 2 is 1.96 bits per heavy atom. The number of hydrogen-bond acceptors (Lipinski definition) is 5. The van der Waals surface area contributed by atoms with Crippen molar-refractivity contribution in [1.29, 1.82) is 0 Å². The predicted octanol–water partition coefficient (Wildman–Crippen LogP) is 1.12. The number of amides is 2. The molecule has 6 nitrogen and oxygen atoms in total. The summed E-state index contributed by atoms with van der Waals surface area (Å²) in [6, 6.07) is 8.58. The average molecular weight is 316 g/mol. The van der Waals surface area contributed by atoms with Gasteiger partial charge in [-0.3, -0.25) is 24.2 Å². The van der Waals surface area contributed by atoms with Crippen molar-refractivity contribution in [1.82, 2.24) is 9.80 Å². The fourth-order valence-corrected chi connectivity index (χ4v) is 3.40. The van der Waals surface area contributed by atoms with Gasteiger partial charge in [-0.15, -0.1) is 0 Å². The van der Waals surface area contributed by atoms with Gasteiger partial charge in [0.2, 0.25) is 5.91 Å². The molecule has 2 atom stereocenters. The Kier molecular flexibility index (Phi) is 4.43. The minimum atomic E-state index is -0.549. The molecule has 122 valence electrons. The molecule has 2 aliphatic heterocycles. The van der Waals surface area contributed by atoms with Gasteiger partial charge in [-0.1, -0.05) is 30.3 Å². The molecule has 2 heterocycles. The van der Waals surface area contributed by atoms with Gasteiger partial charge in [-0.05, 0) is 25.3 Å². The van der Waals surface area contributed by atoms with E-state index in [-0.39, 0.29) is 31.0 Å². The molecule has 0 saturated carbocycles. The fraction of sp³-hybridized carbons (Fsp3) is 0.471. The number of carbonyl (C=O) groups is 3. The topological polar surface area (TPSA) is 66.9 Å². The summed E-state index contributed by atoms with van der Waals surface area (Å²) in [4.78, 5) is 40.3. The van der Waals surface area contributed by atoms with E-state index < -0.39 is 12.0 Å². The second-order valence-electron chi connectivity index (χ2n) is 5.78. The maximum absolute atomic E-state index is 12.9. The zero-order chi connectivity index (χ0) is 16.4. The summed E-state index contributed by atoms with van der Waals surface area (Å²) in [5, 5.41) is 0. The third kappa shape index (κ3) is 2.86. The normalized spacial score (nSPS) is 24.7. The second-order valence-corrected chi connectivity index (χ2v) is 5.78. The van der Waals surface area contributed by atoms with Gasteiger partial charge in [0.1, 0.15) is 12.6 Å². The van der Waals surface area contributed by atoms with E-state index >= 15 is 0 Å². The Morgan fingerprint density at radius 1 is 1.22 bits per heavy atom. The Labute approximate surface area is 135 Å². The van der Waals surface area contributed by atoms with Crippen molar-refractivity contribution in [2.45, 2.75) is 31.8 Å². The molecule has 6 heteroatoms. The monoisotopic (exact) mass is 316 g/mol. The van der Waals surface area contributed by atoms with Gasteiger partial charge >= 0.3 is 5.97 Å². The summed E-state index contributed by atoms with van der Waals surface area (Å²) in [6.45, 7) is 2.34. The molecule has 2 aliphatic rings. The molecule has 0 unspecified atom stereocenters. The number of benzene rings is 1. The molecule has 2 amide bonds. The van der Waals surface area contributed by atoms with Crippen LogP contribution in [-0.4, -0.2) is 53.3 Å². The lowest BCUT2D eigenvalue weighted by molar-refractivity contribution is -0.165. The molecule has 0 aromatic heterocycles. The van der Waals surface area contributed by atoms with Crippen LogP contribution in [0.15, 0.2) is 30.3 Å². The SMILES string of the molecule is CCOC(=O)CN1C(=O)[C@H](c2ccccc2)N2CCC[C@H]2C1=O. The molecular weight excluding hydrogens is 296 g/mol. The summed E-state index contributed by atoms with van der Waals surface area (Å²) in [5.74, 6) is -1.17. The number of carbonyl (C=O) groups excluding carboxylic acids is 3. The number of rotatable bonds is 4. The highest BCUT2D eigenvalue weighted by Gasteiger charge is 2.49. The lowest BCUT2D eigenvalue weighted by Gasteiger charge is -2.41. The molecule has 23 heavy (non-hydrogen) atoms. The zero-order valence-electron chi connectivity index (χ0n) is 13.1. The van der Waals surface area contributed by atoms with Crippen molar-refractivity contribution >= 4 is 17.8 Å². The molecule has 1 aromatic carbocycles. The van der Waals surface area contributed by atoms with Crippen LogP contribution in [-0.2, 0) is 19.1 Å². The van der Waals surface area contributed by atoms with E-state index in [2.05, 4.69) is 0 Å². The molecule has 0 N–H and O–H groups in total. The van der Waals surface area contributed by atoms with Gasteiger partial charge in [0, 0.05) is 6.54 Å². The van der Waals surface area contributed by atoms with Crippen molar-refractivity contribution in [3.05, 3.63) is 35.9 Å². The summed E-state index contributed by atoms with van der Waals surface area (Å²) in [5.41, 5.74) is 0.853. The van der Waals surface area contributed by atoms with Crippen LogP contribution in [0.2, 0.25) is 0 Å². The average Bonchev–Trinajstić information content (AvgIpc) is 3.02. The minimum Gasteiger partial charge on any atom is -0.465 e. The molecule has 3 rings (SSSR count). The summed E-state index contributed by atoms with van der Waals surface area (Å²) in [7, 11) is 0. The Morgan fingerprint density at radius 3 is 2.65 bits per heavy atom. The number of ether oxygens (including phenoxy) is 1. The lowest BCUT2D eigenvalue weighted by Crippen LogP contribution is -2.59. The molecule has 0 aliphatic carbocycles. The van der Waals surface area contributed by atoms with Gasteiger partial charge in [0.25, 0.3) is 5.91 Å². The standard InChI is InChI=1S/C17H20N2O4/c1-2-23-14(20)11-19-16(21)13-9-6-10-18(13)15(17(19)22)12-7-4-3-5-8-12/h3-5,7-8,13,15H,2,6,9-11H2,1H3/t13-,15-/m0/s1. The number of imide groups is 1. The predicted molar refractivity (Wildman–Crippen MR) is 82.3 cm³/mol. The van der Waals surface area contributed by atoms with Crippen LogP contribution < -0.4 is 0 Å². The van der Waals surface area contributed by atoms with Crippen molar-refractivity contribution in [3.8, 4) is 0 Å². The van der Waals surface area contributed by atoms with Crippen molar-refractivity contribution < 1.29 is 19.1 Å². The first-order valence-corrected chi connectivity index (χ1v) is 7.95. The summed E-state index contributed by atoms with van der Waals surface area (Å²) in [6.07, 6.45) is 1.59. The van der Waals surface area contributed by atoms with E-state index in [1.54, 1.807) is 6.92 Å². The van der Waals surface area contributed by atoms with Crippen LogP contribution in [0.5, 0.6) is 0 Å². The molecule has 0 spiro atoms. The Bertz CT molecular complexity index is 616. The largest absolute Gasteiger partial charge is 0.465 e. The first-order valence-electron chi connectivity index (χ1n) is 7.95. The number of fused-ring (bicyclic) bond motifs is 1. The summed E-state index contributed by atoms with van der Waals surface area (Å²) < 4.78 is 4.89. The Hall–Kier alpha value is -2.21. The van der Waals surface area contributed by atoms with Crippen molar-refractivity contribution in [2.24, 2.45) is 0 Å². The zero-order valence-corrected chi connectivity index (χ0v) is 13.1. The van der Waals surface area contributed by atoms with Gasteiger partial charge < -0.3 is 4.74 Å². The quantitative estimate of drug-likeness (QED) is 0.615. The maximum Gasteiger partial charge on any atom is 0.326 e.